The molecule has 16 heteroatoms. The summed E-state index contributed by atoms with van der Waals surface area (Å²) in [6.45, 7) is 8.41. The van der Waals surface area contributed by atoms with E-state index in [1.807, 2.05) is 24.4 Å². The maximum Gasteiger partial charge on any atom is 0.317 e. The van der Waals surface area contributed by atoms with Crippen molar-refractivity contribution in [1.82, 2.24) is 34.8 Å². The van der Waals surface area contributed by atoms with Crippen molar-refractivity contribution in [3.63, 3.8) is 0 Å². The number of rotatable bonds is 9. The zero-order valence-corrected chi connectivity index (χ0v) is 34.7. The van der Waals surface area contributed by atoms with Crippen molar-refractivity contribution in [2.45, 2.75) is 51.2 Å². The lowest BCUT2D eigenvalue weighted by atomic mass is 9.71. The van der Waals surface area contributed by atoms with Crippen LogP contribution in [0, 0.1) is 11.3 Å². The maximum absolute atomic E-state index is 13.4. The van der Waals surface area contributed by atoms with Gasteiger partial charge in [-0.3, -0.25) is 39.1 Å². The van der Waals surface area contributed by atoms with Gasteiger partial charge in [0.2, 0.25) is 11.8 Å². The third kappa shape index (κ3) is 6.88. The molecule has 16 nitrogen and oxygen atoms in total. The van der Waals surface area contributed by atoms with E-state index in [9.17, 15) is 28.8 Å². The van der Waals surface area contributed by atoms with Crippen LogP contribution >= 0.6 is 0 Å². The minimum atomic E-state index is -0.970. The molecule has 60 heavy (non-hydrogen) atoms. The molecule has 2 N–H and O–H groups in total. The zero-order chi connectivity index (χ0) is 42.0. The molecule has 4 saturated heterocycles. The molecule has 2 aromatic carbocycles. The number of aryl methyl sites for hydroxylation is 1. The lowest BCUT2D eigenvalue weighted by Crippen LogP contribution is -2.61. The molecule has 0 saturated carbocycles. The predicted octanol–water partition coefficient (Wildman–Crippen LogP) is 2.20. The van der Waals surface area contributed by atoms with Crippen molar-refractivity contribution < 1.29 is 33.4 Å². The van der Waals surface area contributed by atoms with Gasteiger partial charge in [-0.05, 0) is 86.1 Å². The summed E-state index contributed by atoms with van der Waals surface area (Å²) in [6, 6.07) is 8.28. The van der Waals surface area contributed by atoms with Crippen LogP contribution in [0.15, 0.2) is 41.3 Å². The Morgan fingerprint density at radius 2 is 1.57 bits per heavy atom. The Hall–Kier alpha value is -5.74. The van der Waals surface area contributed by atoms with Gasteiger partial charge in [0, 0.05) is 94.8 Å². The smallest absolute Gasteiger partial charge is 0.317 e. The fourth-order valence-corrected chi connectivity index (χ4v) is 10.3. The number of nitrogens with one attached hydrogen (secondary N) is 2. The molecule has 1 aromatic heterocycles. The van der Waals surface area contributed by atoms with Gasteiger partial charge in [0.25, 0.3) is 17.4 Å². The number of ether oxygens (including phenoxy) is 2. The largest absolute Gasteiger partial charge is 0.496 e. The number of fused-ring (bicyclic) bond motifs is 2. The number of imide groups is 2. The van der Waals surface area contributed by atoms with E-state index >= 15 is 0 Å². The highest BCUT2D eigenvalue weighted by Gasteiger charge is 2.48. The number of amides is 6. The highest BCUT2D eigenvalue weighted by atomic mass is 16.5. The molecular formula is C44H52N8O8. The predicted molar refractivity (Wildman–Crippen MR) is 221 cm³/mol. The summed E-state index contributed by atoms with van der Waals surface area (Å²) in [6.07, 6.45) is 4.90. The molecule has 316 valence electrons. The molecule has 1 spiro atoms. The number of nitrogens with zero attached hydrogens (tertiary/aromatic N) is 6. The van der Waals surface area contributed by atoms with Gasteiger partial charge in [0.05, 0.1) is 37.5 Å². The third-order valence-corrected chi connectivity index (χ3v) is 13.7. The SMILES string of the molecule is CNC(=O)N1CCc2c(-c3cc(OC)c(CN4CC(CN5CCC6(CC5)CN(c5ccc7c(c5)C(=O)N(C5CCC(=O)NC5=O)C7=O)C6)C4)c(OC)c3)cn(C)c(=O)c2C1. The Kier molecular flexibility index (Phi) is 10.2. The molecule has 1 atom stereocenters. The Balaban J connectivity index is 0.779. The van der Waals surface area contributed by atoms with E-state index < -0.39 is 23.8 Å². The third-order valence-electron chi connectivity index (χ3n) is 13.7. The lowest BCUT2D eigenvalue weighted by molar-refractivity contribution is -0.136. The number of likely N-dealkylation sites (tertiary alicyclic amines) is 2. The second-order valence-corrected chi connectivity index (χ2v) is 17.4. The van der Waals surface area contributed by atoms with Crippen molar-refractivity contribution in [2.24, 2.45) is 18.4 Å². The summed E-state index contributed by atoms with van der Waals surface area (Å²) in [5, 5.41) is 4.92. The number of anilines is 1. The summed E-state index contributed by atoms with van der Waals surface area (Å²) in [5.41, 5.74) is 6.09. The number of piperidine rings is 2. The van der Waals surface area contributed by atoms with Gasteiger partial charge in [0.15, 0.2) is 0 Å². The molecule has 1 unspecified atom stereocenters. The molecule has 6 aliphatic heterocycles. The van der Waals surface area contributed by atoms with Crippen LogP contribution in [-0.4, -0.2) is 133 Å². The summed E-state index contributed by atoms with van der Waals surface area (Å²) in [4.78, 5) is 86.2. The van der Waals surface area contributed by atoms with Gasteiger partial charge < -0.3 is 34.1 Å². The molecule has 6 amide bonds. The number of methoxy groups -OCH3 is 2. The molecule has 0 aliphatic carbocycles. The molecule has 4 fully saturated rings. The van der Waals surface area contributed by atoms with Crippen LogP contribution in [0.4, 0.5) is 10.5 Å². The molecule has 0 bridgehead atoms. The van der Waals surface area contributed by atoms with Gasteiger partial charge in [-0.2, -0.15) is 0 Å². The number of carbonyl (C=O) groups is 5. The quantitative estimate of drug-likeness (QED) is 0.304. The van der Waals surface area contributed by atoms with E-state index in [1.54, 1.807) is 49.9 Å². The van der Waals surface area contributed by atoms with E-state index in [1.165, 1.54) is 0 Å². The van der Waals surface area contributed by atoms with Crippen LogP contribution in [0.2, 0.25) is 0 Å². The number of urea groups is 1. The van der Waals surface area contributed by atoms with Crippen LogP contribution < -0.4 is 30.6 Å². The minimum absolute atomic E-state index is 0.0939. The summed E-state index contributed by atoms with van der Waals surface area (Å²) in [5.74, 6) is 0.100. The van der Waals surface area contributed by atoms with Gasteiger partial charge in [0.1, 0.15) is 17.5 Å². The van der Waals surface area contributed by atoms with Gasteiger partial charge in [-0.1, -0.05) is 0 Å². The number of benzene rings is 2. The monoisotopic (exact) mass is 820 g/mol. The van der Waals surface area contributed by atoms with Crippen molar-refractivity contribution >= 4 is 35.3 Å². The van der Waals surface area contributed by atoms with E-state index in [-0.39, 0.29) is 42.3 Å². The Bertz CT molecular complexity index is 2330. The first-order valence-corrected chi connectivity index (χ1v) is 20.9. The van der Waals surface area contributed by atoms with Crippen LogP contribution in [0.25, 0.3) is 11.1 Å². The first kappa shape index (κ1) is 39.7. The van der Waals surface area contributed by atoms with Crippen LogP contribution in [-0.2, 0) is 36.1 Å². The maximum atomic E-state index is 13.4. The van der Waals surface area contributed by atoms with E-state index in [0.29, 0.717) is 42.1 Å². The van der Waals surface area contributed by atoms with Gasteiger partial charge in [-0.15, -0.1) is 0 Å². The molecule has 3 aromatic rings. The Morgan fingerprint density at radius 3 is 2.23 bits per heavy atom. The second kappa shape index (κ2) is 15.4. The average molecular weight is 821 g/mol. The van der Waals surface area contributed by atoms with Crippen LogP contribution in [0.3, 0.4) is 0 Å². The van der Waals surface area contributed by atoms with Crippen molar-refractivity contribution in [1.29, 1.82) is 0 Å². The highest BCUT2D eigenvalue weighted by Crippen LogP contribution is 2.44. The number of aromatic nitrogens is 1. The molecule has 7 heterocycles. The fraction of sp³-hybridized carbons (Fsp3) is 0.500. The molecule has 9 rings (SSSR count). The average Bonchev–Trinajstić information content (AvgIpc) is 3.47. The van der Waals surface area contributed by atoms with E-state index in [4.69, 9.17) is 9.47 Å². The Labute approximate surface area is 348 Å². The molecule has 6 aliphatic rings. The number of hydrogen-bond donors (Lipinski definition) is 2. The van der Waals surface area contributed by atoms with Crippen molar-refractivity contribution in [3.05, 3.63) is 74.7 Å². The molecular weight excluding hydrogens is 769 g/mol. The molecule has 0 radical (unpaired) electrons. The van der Waals surface area contributed by atoms with Crippen LogP contribution in [0.5, 0.6) is 11.5 Å². The summed E-state index contributed by atoms with van der Waals surface area (Å²) >= 11 is 0. The van der Waals surface area contributed by atoms with Crippen molar-refractivity contribution in [3.8, 4) is 22.6 Å². The van der Waals surface area contributed by atoms with Gasteiger partial charge in [-0.25, -0.2) is 4.79 Å². The Morgan fingerprint density at radius 1 is 0.867 bits per heavy atom. The number of carbonyl (C=O) groups excluding carboxylic acids is 5. The van der Waals surface area contributed by atoms with E-state index in [2.05, 4.69) is 25.3 Å². The van der Waals surface area contributed by atoms with Gasteiger partial charge >= 0.3 is 6.03 Å². The lowest BCUT2D eigenvalue weighted by Gasteiger charge is -2.55. The topological polar surface area (TPSA) is 166 Å². The number of pyridine rings is 1. The summed E-state index contributed by atoms with van der Waals surface area (Å²) < 4.78 is 13.5. The minimum Gasteiger partial charge on any atom is -0.496 e. The first-order chi connectivity index (χ1) is 28.9. The number of hydrogen-bond acceptors (Lipinski definition) is 11. The zero-order valence-electron chi connectivity index (χ0n) is 34.7. The van der Waals surface area contributed by atoms with Crippen LogP contribution in [0.1, 0.15) is 63.1 Å². The normalized spacial score (nSPS) is 21.7. The standard InChI is InChI=1S/C44H52N8O8/c1-45-43(58)50-12-9-29-32(21-47(2)40(55)33(29)23-50)27-15-36(59-3)34(37(16-27)60-4)22-49-19-26(20-49)18-48-13-10-44(11-14-48)24-51(25-44)28-5-6-30-31(17-28)42(57)52(41(30)56)35-7-8-38(53)46-39(35)54/h5-6,15-17,21,26,35H,7-14,18-20,22-25H2,1-4H3,(H,45,58)(H,46,53,54). The highest BCUT2D eigenvalue weighted by molar-refractivity contribution is 6.23. The van der Waals surface area contributed by atoms with E-state index in [0.717, 1.165) is 103 Å². The first-order valence-electron chi connectivity index (χ1n) is 20.9. The summed E-state index contributed by atoms with van der Waals surface area (Å²) in [7, 11) is 6.69. The second-order valence-electron chi connectivity index (χ2n) is 17.4. The fourth-order valence-electron chi connectivity index (χ4n) is 10.3. The van der Waals surface area contributed by atoms with Crippen molar-refractivity contribution in [2.75, 3.05) is 78.5 Å².